The van der Waals surface area contributed by atoms with Gasteiger partial charge in [0.25, 0.3) is 5.91 Å². The molecule has 0 bridgehead atoms. The lowest BCUT2D eigenvalue weighted by atomic mass is 10.2. The number of carbonyl (C=O) groups is 1. The number of amides is 1. The summed E-state index contributed by atoms with van der Waals surface area (Å²) in [4.78, 5) is 16.5. The minimum Gasteiger partial charge on any atom is -0.305 e. The van der Waals surface area contributed by atoms with Crippen molar-refractivity contribution in [3.63, 3.8) is 0 Å². The summed E-state index contributed by atoms with van der Waals surface area (Å²) < 4.78 is 3.64. The molecule has 1 aromatic carbocycles. The van der Waals surface area contributed by atoms with Gasteiger partial charge < -0.3 is 5.32 Å². The number of nitrogens with one attached hydrogen (secondary N) is 1. The van der Waals surface area contributed by atoms with Gasteiger partial charge in [-0.25, -0.2) is 4.68 Å². The summed E-state index contributed by atoms with van der Waals surface area (Å²) in [5.74, 6) is 0.342. The first-order valence-electron chi connectivity index (χ1n) is 9.04. The van der Waals surface area contributed by atoms with Gasteiger partial charge in [0.2, 0.25) is 0 Å². The molecule has 0 atom stereocenters. The van der Waals surface area contributed by atoms with E-state index in [0.717, 1.165) is 24.3 Å². The van der Waals surface area contributed by atoms with Crippen molar-refractivity contribution < 1.29 is 4.79 Å². The molecule has 7 heteroatoms. The number of hydrogen-bond donors (Lipinski definition) is 1. The van der Waals surface area contributed by atoms with Crippen LogP contribution in [-0.4, -0.2) is 30.5 Å². The molecule has 0 aliphatic heterocycles. The van der Waals surface area contributed by atoms with Gasteiger partial charge in [-0.3, -0.25) is 14.5 Å². The Labute approximate surface area is 162 Å². The van der Waals surface area contributed by atoms with Crippen LogP contribution in [-0.2, 0) is 13.0 Å². The molecule has 0 fully saturated rings. The summed E-state index contributed by atoms with van der Waals surface area (Å²) in [6, 6.07) is 15.0. The molecule has 4 rings (SSSR count). The minimum atomic E-state index is -0.192. The van der Waals surface area contributed by atoms with Crippen LogP contribution in [0.1, 0.15) is 21.6 Å². The molecule has 0 unspecified atom stereocenters. The molecular weight excluding hydrogens is 352 g/mol. The predicted molar refractivity (Wildman–Crippen MR) is 106 cm³/mol. The van der Waals surface area contributed by atoms with Crippen LogP contribution in [0.3, 0.4) is 0 Å². The van der Waals surface area contributed by atoms with Gasteiger partial charge in [0.15, 0.2) is 5.82 Å². The van der Waals surface area contributed by atoms with E-state index in [1.165, 1.54) is 5.56 Å². The number of rotatable bonds is 6. The lowest BCUT2D eigenvalue weighted by Gasteiger charge is -2.06. The fraction of sp³-hybridized carbons (Fsp3) is 0.143. The number of aromatic nitrogens is 5. The molecule has 0 spiro atoms. The van der Waals surface area contributed by atoms with Crippen molar-refractivity contribution in [3.8, 4) is 5.69 Å². The van der Waals surface area contributed by atoms with Crippen molar-refractivity contribution >= 4 is 11.7 Å². The Bertz CT molecular complexity index is 1070. The Morgan fingerprint density at radius 3 is 2.50 bits per heavy atom. The third-order valence-corrected chi connectivity index (χ3v) is 4.47. The molecule has 3 aromatic heterocycles. The lowest BCUT2D eigenvalue weighted by Crippen LogP contribution is -2.13. The highest BCUT2D eigenvalue weighted by molar-refractivity contribution is 6.03. The van der Waals surface area contributed by atoms with E-state index >= 15 is 0 Å². The number of nitrogens with zero attached hydrogens (tertiary/aromatic N) is 5. The molecule has 0 aliphatic carbocycles. The van der Waals surface area contributed by atoms with Crippen molar-refractivity contribution in [3.05, 3.63) is 90.1 Å². The smallest absolute Gasteiger partial charge is 0.256 e. The van der Waals surface area contributed by atoms with Crippen LogP contribution in [0.4, 0.5) is 5.82 Å². The number of aryl methyl sites for hydroxylation is 3. The van der Waals surface area contributed by atoms with E-state index < -0.39 is 0 Å². The molecule has 28 heavy (non-hydrogen) atoms. The SMILES string of the molecule is Cc1ccnn1-c1ccc(C(=O)Nc2ccn(CCc3ccncc3)n2)cc1. The predicted octanol–water partition coefficient (Wildman–Crippen LogP) is 3.27. The summed E-state index contributed by atoms with van der Waals surface area (Å²) in [5, 5.41) is 11.5. The standard InChI is InChI=1S/C21H20N6O/c1-16-6-13-23-27(16)19-4-2-18(3-5-19)21(28)24-20-10-15-26(25-20)14-9-17-7-11-22-12-8-17/h2-8,10-13,15H,9,14H2,1H3,(H,24,25,28). The molecule has 4 aromatic rings. The lowest BCUT2D eigenvalue weighted by molar-refractivity contribution is 0.102. The molecule has 0 saturated heterocycles. The zero-order valence-corrected chi connectivity index (χ0v) is 15.5. The maximum Gasteiger partial charge on any atom is 0.256 e. The van der Waals surface area contributed by atoms with Crippen LogP contribution in [0.2, 0.25) is 0 Å². The maximum atomic E-state index is 12.5. The van der Waals surface area contributed by atoms with Crippen molar-refractivity contribution in [1.82, 2.24) is 24.5 Å². The van der Waals surface area contributed by atoms with Crippen LogP contribution in [0, 0.1) is 6.92 Å². The molecule has 7 nitrogen and oxygen atoms in total. The van der Waals surface area contributed by atoms with Crippen molar-refractivity contribution in [2.75, 3.05) is 5.32 Å². The second-order valence-electron chi connectivity index (χ2n) is 6.45. The van der Waals surface area contributed by atoms with Crippen LogP contribution >= 0.6 is 0 Å². The normalized spacial score (nSPS) is 10.8. The van der Waals surface area contributed by atoms with E-state index in [1.54, 1.807) is 36.8 Å². The van der Waals surface area contributed by atoms with Gasteiger partial charge >= 0.3 is 0 Å². The Morgan fingerprint density at radius 1 is 1.00 bits per heavy atom. The number of hydrogen-bond acceptors (Lipinski definition) is 4. The van der Waals surface area contributed by atoms with Crippen molar-refractivity contribution in [1.29, 1.82) is 0 Å². The number of pyridine rings is 1. The van der Waals surface area contributed by atoms with Gasteiger partial charge in [-0.2, -0.15) is 10.2 Å². The Morgan fingerprint density at radius 2 is 1.79 bits per heavy atom. The summed E-state index contributed by atoms with van der Waals surface area (Å²) in [6.07, 6.45) is 8.03. The van der Waals surface area contributed by atoms with Gasteiger partial charge in [0.05, 0.1) is 5.69 Å². The molecule has 0 radical (unpaired) electrons. The van der Waals surface area contributed by atoms with E-state index in [-0.39, 0.29) is 5.91 Å². The topological polar surface area (TPSA) is 77.6 Å². The van der Waals surface area contributed by atoms with Gasteiger partial charge in [-0.15, -0.1) is 0 Å². The molecule has 1 N–H and O–H groups in total. The van der Waals surface area contributed by atoms with Crippen molar-refractivity contribution in [2.24, 2.45) is 0 Å². The first-order valence-corrected chi connectivity index (χ1v) is 9.04. The zero-order chi connectivity index (χ0) is 19.3. The fourth-order valence-corrected chi connectivity index (χ4v) is 2.93. The van der Waals surface area contributed by atoms with Crippen LogP contribution in [0.15, 0.2) is 73.3 Å². The Balaban J connectivity index is 1.37. The summed E-state index contributed by atoms with van der Waals surface area (Å²) in [7, 11) is 0. The Hall–Kier alpha value is -3.74. The molecular formula is C21H20N6O. The van der Waals surface area contributed by atoms with E-state index in [9.17, 15) is 4.79 Å². The average molecular weight is 372 g/mol. The third kappa shape index (κ3) is 3.98. The largest absolute Gasteiger partial charge is 0.305 e. The third-order valence-electron chi connectivity index (χ3n) is 4.47. The van der Waals surface area contributed by atoms with Gasteiger partial charge in [-0.05, 0) is 61.4 Å². The second kappa shape index (κ2) is 7.87. The molecule has 0 saturated carbocycles. The van der Waals surface area contributed by atoms with E-state index in [2.05, 4.69) is 20.5 Å². The van der Waals surface area contributed by atoms with Gasteiger partial charge in [-0.1, -0.05) is 0 Å². The minimum absolute atomic E-state index is 0.192. The zero-order valence-electron chi connectivity index (χ0n) is 15.5. The summed E-state index contributed by atoms with van der Waals surface area (Å²) >= 11 is 0. The van der Waals surface area contributed by atoms with Crippen LogP contribution < -0.4 is 5.32 Å². The second-order valence-corrected chi connectivity index (χ2v) is 6.45. The van der Waals surface area contributed by atoms with E-state index in [1.807, 2.05) is 52.8 Å². The van der Waals surface area contributed by atoms with Crippen LogP contribution in [0.25, 0.3) is 5.69 Å². The first kappa shape index (κ1) is 17.7. The van der Waals surface area contributed by atoms with Gasteiger partial charge in [0, 0.05) is 48.7 Å². The summed E-state index contributed by atoms with van der Waals surface area (Å²) in [5.41, 5.74) is 3.72. The van der Waals surface area contributed by atoms with E-state index in [4.69, 9.17) is 0 Å². The molecule has 0 aliphatic rings. The number of anilines is 1. The first-order chi connectivity index (χ1) is 13.7. The highest BCUT2D eigenvalue weighted by Crippen LogP contribution is 2.13. The maximum absolute atomic E-state index is 12.5. The highest BCUT2D eigenvalue weighted by Gasteiger charge is 2.09. The molecule has 3 heterocycles. The van der Waals surface area contributed by atoms with E-state index in [0.29, 0.717) is 11.4 Å². The average Bonchev–Trinajstić information content (AvgIpc) is 3.36. The molecule has 140 valence electrons. The number of carbonyl (C=O) groups excluding carboxylic acids is 1. The van der Waals surface area contributed by atoms with Gasteiger partial charge in [0.1, 0.15) is 0 Å². The van der Waals surface area contributed by atoms with Crippen LogP contribution in [0.5, 0.6) is 0 Å². The monoisotopic (exact) mass is 372 g/mol. The fourth-order valence-electron chi connectivity index (χ4n) is 2.93. The van der Waals surface area contributed by atoms with Crippen molar-refractivity contribution in [2.45, 2.75) is 19.9 Å². The quantitative estimate of drug-likeness (QED) is 0.563. The Kier molecular flexibility index (Phi) is 4.97. The summed E-state index contributed by atoms with van der Waals surface area (Å²) in [6.45, 7) is 2.72. The number of benzene rings is 1. The highest BCUT2D eigenvalue weighted by atomic mass is 16.1. The molecule has 1 amide bonds.